The van der Waals surface area contributed by atoms with Crippen molar-refractivity contribution in [2.24, 2.45) is 0 Å². The standard InChI is InChI=1S/C30H33F6N3OS/c1-21-5-6-23(15-22(21)2)16-27-20-38(8-4-3-7-37-11-13-41-14-12-37)9-10-39(27)28(40)24-17-25(29(31,32)33)19-26(18-24)30(34,35)36/h5-6,15,17-19,27H,7-14,16,20H2,1-2H3/t27-/m1/s1. The predicted molar refractivity (Wildman–Crippen MR) is 149 cm³/mol. The van der Waals surface area contributed by atoms with Crippen molar-refractivity contribution in [3.8, 4) is 11.8 Å². The lowest BCUT2D eigenvalue weighted by atomic mass is 9.97. The zero-order valence-corrected chi connectivity index (χ0v) is 23.9. The summed E-state index contributed by atoms with van der Waals surface area (Å²) < 4.78 is 80.9. The minimum atomic E-state index is -5.03. The van der Waals surface area contributed by atoms with Crippen LogP contribution >= 0.6 is 11.8 Å². The Morgan fingerprint density at radius 2 is 1.44 bits per heavy atom. The van der Waals surface area contributed by atoms with E-state index >= 15 is 0 Å². The van der Waals surface area contributed by atoms with Gasteiger partial charge < -0.3 is 4.90 Å². The first kappa shape index (κ1) is 31.3. The molecule has 2 aliphatic heterocycles. The van der Waals surface area contributed by atoms with Crippen LogP contribution in [-0.2, 0) is 18.8 Å². The van der Waals surface area contributed by atoms with E-state index in [1.165, 1.54) is 4.90 Å². The van der Waals surface area contributed by atoms with Gasteiger partial charge in [-0.25, -0.2) is 0 Å². The summed E-state index contributed by atoms with van der Waals surface area (Å²) in [5.74, 6) is 7.75. The first-order valence-electron chi connectivity index (χ1n) is 13.5. The Labute approximate surface area is 241 Å². The number of aryl methyl sites for hydroxylation is 2. The summed E-state index contributed by atoms with van der Waals surface area (Å²) in [4.78, 5) is 19.4. The molecule has 2 saturated heterocycles. The Hall–Kier alpha value is -2.68. The lowest BCUT2D eigenvalue weighted by molar-refractivity contribution is -0.143. The van der Waals surface area contributed by atoms with Gasteiger partial charge in [-0.1, -0.05) is 30.0 Å². The van der Waals surface area contributed by atoms with Crippen LogP contribution < -0.4 is 0 Å². The van der Waals surface area contributed by atoms with Gasteiger partial charge in [-0.2, -0.15) is 38.1 Å². The number of rotatable bonds is 5. The van der Waals surface area contributed by atoms with Gasteiger partial charge in [0.15, 0.2) is 0 Å². The van der Waals surface area contributed by atoms with E-state index in [9.17, 15) is 31.1 Å². The lowest BCUT2D eigenvalue weighted by Gasteiger charge is -2.41. The average Bonchev–Trinajstić information content (AvgIpc) is 2.92. The summed E-state index contributed by atoms with van der Waals surface area (Å²) in [5.41, 5.74) is -0.525. The van der Waals surface area contributed by atoms with Crippen LogP contribution in [0, 0.1) is 25.7 Å². The maximum atomic E-state index is 13.6. The Morgan fingerprint density at radius 3 is 2.02 bits per heavy atom. The summed E-state index contributed by atoms with van der Waals surface area (Å²) in [6.07, 6.45) is -9.65. The van der Waals surface area contributed by atoms with E-state index in [1.807, 2.05) is 43.8 Å². The van der Waals surface area contributed by atoms with Crippen LogP contribution in [0.1, 0.15) is 38.2 Å². The molecule has 41 heavy (non-hydrogen) atoms. The highest BCUT2D eigenvalue weighted by molar-refractivity contribution is 7.99. The van der Waals surface area contributed by atoms with Crippen LogP contribution in [0.25, 0.3) is 0 Å². The fourth-order valence-electron chi connectivity index (χ4n) is 5.05. The van der Waals surface area contributed by atoms with Crippen molar-refractivity contribution in [3.05, 3.63) is 69.8 Å². The molecule has 11 heteroatoms. The molecule has 4 rings (SSSR count). The number of benzene rings is 2. The first-order valence-corrected chi connectivity index (χ1v) is 14.6. The molecule has 0 bridgehead atoms. The second-order valence-corrected chi connectivity index (χ2v) is 11.8. The maximum Gasteiger partial charge on any atom is 0.416 e. The van der Waals surface area contributed by atoms with Gasteiger partial charge in [0, 0.05) is 55.8 Å². The Balaban J connectivity index is 1.57. The topological polar surface area (TPSA) is 26.8 Å². The van der Waals surface area contributed by atoms with Gasteiger partial charge in [0.25, 0.3) is 5.91 Å². The van der Waals surface area contributed by atoms with Crippen LogP contribution in [0.2, 0.25) is 0 Å². The molecule has 2 fully saturated rings. The van der Waals surface area contributed by atoms with E-state index in [2.05, 4.69) is 21.6 Å². The molecule has 0 saturated carbocycles. The van der Waals surface area contributed by atoms with Crippen LogP contribution in [0.4, 0.5) is 26.3 Å². The van der Waals surface area contributed by atoms with Crippen molar-refractivity contribution in [1.29, 1.82) is 0 Å². The van der Waals surface area contributed by atoms with Gasteiger partial charge in [-0.05, 0) is 55.2 Å². The summed E-state index contributed by atoms with van der Waals surface area (Å²) in [6.45, 7) is 8.08. The molecule has 222 valence electrons. The molecule has 0 unspecified atom stereocenters. The fourth-order valence-corrected chi connectivity index (χ4v) is 6.03. The van der Waals surface area contributed by atoms with Crippen molar-refractivity contribution in [1.82, 2.24) is 14.7 Å². The number of hydrogen-bond donors (Lipinski definition) is 0. The molecule has 0 N–H and O–H groups in total. The SMILES string of the molecule is Cc1ccc(C[C@@H]2CN(CC#CCN3CCSCC3)CCN2C(=O)c2cc(C(F)(F)F)cc(C(F)(F)F)c2)cc1C. The molecular weight excluding hydrogens is 564 g/mol. The Bertz CT molecular complexity index is 1260. The van der Waals surface area contributed by atoms with Crippen molar-refractivity contribution in [2.45, 2.75) is 38.7 Å². The number of halogens is 6. The number of alkyl halides is 6. The highest BCUT2D eigenvalue weighted by atomic mass is 32.2. The van der Waals surface area contributed by atoms with Crippen LogP contribution in [-0.4, -0.2) is 84.0 Å². The summed E-state index contributed by atoms with van der Waals surface area (Å²) in [5, 5.41) is 0. The number of carbonyl (C=O) groups excluding carboxylic acids is 1. The van der Waals surface area contributed by atoms with Crippen LogP contribution in [0.5, 0.6) is 0 Å². The van der Waals surface area contributed by atoms with Crippen molar-refractivity contribution >= 4 is 17.7 Å². The molecular formula is C30H33F6N3OS. The third-order valence-electron chi connectivity index (χ3n) is 7.54. The molecule has 1 atom stereocenters. The van der Waals surface area contributed by atoms with Crippen LogP contribution in [0.15, 0.2) is 36.4 Å². The molecule has 4 nitrogen and oxygen atoms in total. The minimum Gasteiger partial charge on any atom is -0.333 e. The summed E-state index contributed by atoms with van der Waals surface area (Å²) >= 11 is 1.93. The van der Waals surface area contributed by atoms with E-state index in [1.54, 1.807) is 0 Å². The van der Waals surface area contributed by atoms with Gasteiger partial charge >= 0.3 is 12.4 Å². The second kappa shape index (κ2) is 13.1. The van der Waals surface area contributed by atoms with Gasteiger partial charge in [-0.15, -0.1) is 0 Å². The molecule has 2 heterocycles. The fraction of sp³-hybridized carbons (Fsp3) is 0.500. The first-order chi connectivity index (χ1) is 19.3. The molecule has 0 aromatic heterocycles. The largest absolute Gasteiger partial charge is 0.416 e. The highest BCUT2D eigenvalue weighted by Gasteiger charge is 2.39. The van der Waals surface area contributed by atoms with Gasteiger partial charge in [-0.3, -0.25) is 14.6 Å². The molecule has 0 radical (unpaired) electrons. The monoisotopic (exact) mass is 597 g/mol. The van der Waals surface area contributed by atoms with Crippen molar-refractivity contribution in [3.63, 3.8) is 0 Å². The summed E-state index contributed by atoms with van der Waals surface area (Å²) in [6, 6.07) is 6.52. The summed E-state index contributed by atoms with van der Waals surface area (Å²) in [7, 11) is 0. The molecule has 0 aliphatic carbocycles. The number of thioether (sulfide) groups is 1. The third kappa shape index (κ3) is 8.43. The van der Waals surface area contributed by atoms with E-state index in [-0.39, 0.29) is 12.6 Å². The zero-order chi connectivity index (χ0) is 29.8. The number of carbonyl (C=O) groups is 1. The third-order valence-corrected chi connectivity index (χ3v) is 8.48. The number of nitrogens with zero attached hydrogens (tertiary/aromatic N) is 3. The molecule has 2 aromatic carbocycles. The van der Waals surface area contributed by atoms with Gasteiger partial charge in [0.1, 0.15) is 0 Å². The quantitative estimate of drug-likeness (QED) is 0.324. The van der Waals surface area contributed by atoms with E-state index in [0.717, 1.165) is 41.3 Å². The number of piperazine rings is 1. The van der Waals surface area contributed by atoms with E-state index in [4.69, 9.17) is 0 Å². The molecule has 0 spiro atoms. The number of amides is 1. The van der Waals surface area contributed by atoms with Crippen molar-refractivity contribution in [2.75, 3.05) is 57.3 Å². The highest BCUT2D eigenvalue weighted by Crippen LogP contribution is 2.37. The average molecular weight is 598 g/mol. The Morgan fingerprint density at radius 1 is 0.829 bits per heavy atom. The van der Waals surface area contributed by atoms with E-state index < -0.39 is 41.0 Å². The van der Waals surface area contributed by atoms with Crippen LogP contribution in [0.3, 0.4) is 0 Å². The molecule has 2 aromatic rings. The van der Waals surface area contributed by atoms with E-state index in [0.29, 0.717) is 44.7 Å². The normalized spacial score (nSPS) is 19.1. The predicted octanol–water partition coefficient (Wildman–Crippen LogP) is 5.76. The Kier molecular flexibility index (Phi) is 9.98. The smallest absolute Gasteiger partial charge is 0.333 e. The van der Waals surface area contributed by atoms with Gasteiger partial charge in [0.2, 0.25) is 0 Å². The van der Waals surface area contributed by atoms with Gasteiger partial charge in [0.05, 0.1) is 24.2 Å². The van der Waals surface area contributed by atoms with Crippen molar-refractivity contribution < 1.29 is 31.1 Å². The number of hydrogen-bond acceptors (Lipinski definition) is 4. The molecule has 2 aliphatic rings. The second-order valence-electron chi connectivity index (χ2n) is 10.5. The maximum absolute atomic E-state index is 13.6. The minimum absolute atomic E-state index is 0.0443. The lowest BCUT2D eigenvalue weighted by Crippen LogP contribution is -2.56. The molecule has 1 amide bonds. The zero-order valence-electron chi connectivity index (χ0n) is 23.0.